The third kappa shape index (κ3) is 2.76. The molecule has 2 heterocycles. The summed E-state index contributed by atoms with van der Waals surface area (Å²) in [5, 5.41) is 0.470. The highest BCUT2D eigenvalue weighted by molar-refractivity contribution is 7.17. The number of rotatable bonds is 1. The topological polar surface area (TPSA) is 62.5 Å². The van der Waals surface area contributed by atoms with E-state index in [4.69, 9.17) is 5.73 Å². The SMILES string of the molecule is Cc1nc(N)sc1C(=O)N1CCCN(C)CC1. The second-order valence-corrected chi connectivity index (χ2v) is 5.45. The molecule has 1 saturated heterocycles. The van der Waals surface area contributed by atoms with Crippen LogP contribution in [-0.2, 0) is 0 Å². The minimum absolute atomic E-state index is 0.0759. The quantitative estimate of drug-likeness (QED) is 0.805. The van der Waals surface area contributed by atoms with Crippen molar-refractivity contribution in [3.63, 3.8) is 0 Å². The Kier molecular flexibility index (Phi) is 3.63. The second kappa shape index (κ2) is 5.01. The van der Waals surface area contributed by atoms with E-state index in [2.05, 4.69) is 16.9 Å². The predicted molar refractivity (Wildman–Crippen MR) is 69.3 cm³/mol. The number of hydrogen-bond acceptors (Lipinski definition) is 5. The van der Waals surface area contributed by atoms with Crippen LogP contribution in [0, 0.1) is 6.92 Å². The van der Waals surface area contributed by atoms with Crippen LogP contribution >= 0.6 is 11.3 Å². The van der Waals surface area contributed by atoms with Gasteiger partial charge < -0.3 is 15.5 Å². The smallest absolute Gasteiger partial charge is 0.265 e. The Labute approximate surface area is 105 Å². The molecule has 1 aromatic rings. The fourth-order valence-electron chi connectivity index (χ4n) is 2.01. The summed E-state index contributed by atoms with van der Waals surface area (Å²) in [5.74, 6) is 0.0759. The Morgan fingerprint density at radius 1 is 1.35 bits per heavy atom. The van der Waals surface area contributed by atoms with Crippen molar-refractivity contribution in [1.29, 1.82) is 0 Å². The Balaban J connectivity index is 2.11. The molecule has 0 aliphatic carbocycles. The number of carbonyl (C=O) groups excluding carboxylic acids is 1. The minimum atomic E-state index is 0.0759. The summed E-state index contributed by atoms with van der Waals surface area (Å²) in [4.78, 5) is 21.3. The molecule has 0 radical (unpaired) electrons. The first-order valence-corrected chi connectivity index (χ1v) is 6.60. The fraction of sp³-hybridized carbons (Fsp3) is 0.636. The number of likely N-dealkylation sites (N-methyl/N-ethyl adjacent to an activating group) is 1. The molecular formula is C11H18N4OS. The number of amides is 1. The molecule has 1 aliphatic rings. The van der Waals surface area contributed by atoms with E-state index in [9.17, 15) is 4.79 Å². The number of hydrogen-bond donors (Lipinski definition) is 1. The van der Waals surface area contributed by atoms with Crippen LogP contribution in [0.5, 0.6) is 0 Å². The number of carbonyl (C=O) groups is 1. The second-order valence-electron chi connectivity index (χ2n) is 4.42. The Hall–Kier alpha value is -1.14. The molecule has 0 aromatic carbocycles. The molecule has 2 rings (SSSR count). The first-order valence-electron chi connectivity index (χ1n) is 5.78. The molecule has 2 N–H and O–H groups in total. The van der Waals surface area contributed by atoms with Gasteiger partial charge in [-0.05, 0) is 26.9 Å². The summed E-state index contributed by atoms with van der Waals surface area (Å²) >= 11 is 1.29. The zero-order valence-electron chi connectivity index (χ0n) is 10.3. The van der Waals surface area contributed by atoms with Crippen molar-refractivity contribution < 1.29 is 4.79 Å². The molecule has 94 valence electrons. The number of nitrogens with zero attached hydrogens (tertiary/aromatic N) is 3. The lowest BCUT2D eigenvalue weighted by Crippen LogP contribution is -2.34. The number of thiazole rings is 1. The molecule has 5 nitrogen and oxygen atoms in total. The largest absolute Gasteiger partial charge is 0.375 e. The molecule has 1 amide bonds. The van der Waals surface area contributed by atoms with Crippen molar-refractivity contribution in [2.75, 3.05) is 39.0 Å². The van der Waals surface area contributed by atoms with Gasteiger partial charge in [0, 0.05) is 19.6 Å². The van der Waals surface area contributed by atoms with Gasteiger partial charge in [-0.1, -0.05) is 11.3 Å². The van der Waals surface area contributed by atoms with Gasteiger partial charge in [-0.25, -0.2) is 4.98 Å². The number of nitrogens with two attached hydrogens (primary N) is 1. The average Bonchev–Trinajstić information content (AvgIpc) is 2.49. The normalized spacial score (nSPS) is 18.1. The molecule has 6 heteroatoms. The van der Waals surface area contributed by atoms with Crippen LogP contribution in [0.15, 0.2) is 0 Å². The summed E-state index contributed by atoms with van der Waals surface area (Å²) < 4.78 is 0. The molecule has 0 spiro atoms. The van der Waals surface area contributed by atoms with E-state index in [-0.39, 0.29) is 5.91 Å². The van der Waals surface area contributed by atoms with Gasteiger partial charge in [0.1, 0.15) is 4.88 Å². The van der Waals surface area contributed by atoms with E-state index < -0.39 is 0 Å². The molecular weight excluding hydrogens is 236 g/mol. The van der Waals surface area contributed by atoms with Crippen molar-refractivity contribution in [2.24, 2.45) is 0 Å². The summed E-state index contributed by atoms with van der Waals surface area (Å²) in [6.45, 7) is 5.42. The molecule has 17 heavy (non-hydrogen) atoms. The van der Waals surface area contributed by atoms with Crippen LogP contribution in [0.25, 0.3) is 0 Å². The Morgan fingerprint density at radius 2 is 2.12 bits per heavy atom. The molecule has 0 bridgehead atoms. The van der Waals surface area contributed by atoms with Crippen molar-refractivity contribution in [3.8, 4) is 0 Å². The lowest BCUT2D eigenvalue weighted by molar-refractivity contribution is 0.0766. The van der Waals surface area contributed by atoms with Gasteiger partial charge in [0.25, 0.3) is 5.91 Å². The lowest BCUT2D eigenvalue weighted by Gasteiger charge is -2.19. The molecule has 1 fully saturated rings. The van der Waals surface area contributed by atoms with Crippen molar-refractivity contribution >= 4 is 22.4 Å². The van der Waals surface area contributed by atoms with Gasteiger partial charge in [-0.2, -0.15) is 0 Å². The van der Waals surface area contributed by atoms with Crippen molar-refractivity contribution in [3.05, 3.63) is 10.6 Å². The summed E-state index contributed by atoms with van der Waals surface area (Å²) in [6, 6.07) is 0. The summed E-state index contributed by atoms with van der Waals surface area (Å²) in [5.41, 5.74) is 6.37. The minimum Gasteiger partial charge on any atom is -0.375 e. The molecule has 0 unspecified atom stereocenters. The van der Waals surface area contributed by atoms with Crippen LogP contribution in [0.3, 0.4) is 0 Å². The highest BCUT2D eigenvalue weighted by atomic mass is 32.1. The first-order chi connectivity index (χ1) is 8.08. The van der Waals surface area contributed by atoms with E-state index in [0.717, 1.165) is 38.3 Å². The number of anilines is 1. The van der Waals surface area contributed by atoms with Crippen LogP contribution in [0.4, 0.5) is 5.13 Å². The monoisotopic (exact) mass is 254 g/mol. The molecule has 0 atom stereocenters. The lowest BCUT2D eigenvalue weighted by atomic mass is 10.3. The van der Waals surface area contributed by atoms with Crippen LogP contribution in [0.2, 0.25) is 0 Å². The van der Waals surface area contributed by atoms with E-state index in [1.54, 1.807) is 0 Å². The maximum Gasteiger partial charge on any atom is 0.265 e. The van der Waals surface area contributed by atoms with Gasteiger partial charge in [0.05, 0.1) is 5.69 Å². The number of aryl methyl sites for hydroxylation is 1. The predicted octanol–water partition coefficient (Wildman–Crippen LogP) is 0.811. The number of nitrogen functional groups attached to an aromatic ring is 1. The van der Waals surface area contributed by atoms with E-state index in [1.807, 2.05) is 11.8 Å². The van der Waals surface area contributed by atoms with E-state index >= 15 is 0 Å². The zero-order valence-corrected chi connectivity index (χ0v) is 11.1. The van der Waals surface area contributed by atoms with Crippen molar-refractivity contribution in [2.45, 2.75) is 13.3 Å². The Bertz CT molecular complexity index is 418. The number of aromatic nitrogens is 1. The van der Waals surface area contributed by atoms with Gasteiger partial charge in [0.15, 0.2) is 5.13 Å². The maximum atomic E-state index is 12.3. The van der Waals surface area contributed by atoms with E-state index in [0.29, 0.717) is 10.0 Å². The first kappa shape index (κ1) is 12.3. The summed E-state index contributed by atoms with van der Waals surface area (Å²) in [7, 11) is 2.09. The Morgan fingerprint density at radius 3 is 2.76 bits per heavy atom. The van der Waals surface area contributed by atoms with Crippen LogP contribution in [0.1, 0.15) is 21.8 Å². The highest BCUT2D eigenvalue weighted by Crippen LogP contribution is 2.21. The zero-order chi connectivity index (χ0) is 12.4. The average molecular weight is 254 g/mol. The standard InChI is InChI=1S/C11H18N4OS/c1-8-9(17-11(12)13-8)10(16)15-5-3-4-14(2)6-7-15/h3-7H2,1-2H3,(H2,12,13). The third-order valence-electron chi connectivity index (χ3n) is 3.01. The molecule has 1 aliphatic heterocycles. The molecule has 0 saturated carbocycles. The van der Waals surface area contributed by atoms with Crippen LogP contribution in [-0.4, -0.2) is 53.9 Å². The summed E-state index contributed by atoms with van der Waals surface area (Å²) in [6.07, 6.45) is 1.02. The van der Waals surface area contributed by atoms with Crippen LogP contribution < -0.4 is 5.73 Å². The maximum absolute atomic E-state index is 12.3. The van der Waals surface area contributed by atoms with Gasteiger partial charge in [-0.15, -0.1) is 0 Å². The van der Waals surface area contributed by atoms with Gasteiger partial charge >= 0.3 is 0 Å². The molecule has 1 aromatic heterocycles. The van der Waals surface area contributed by atoms with Crippen molar-refractivity contribution in [1.82, 2.24) is 14.8 Å². The van der Waals surface area contributed by atoms with Gasteiger partial charge in [0.2, 0.25) is 0 Å². The highest BCUT2D eigenvalue weighted by Gasteiger charge is 2.22. The van der Waals surface area contributed by atoms with E-state index in [1.165, 1.54) is 11.3 Å². The fourth-order valence-corrected chi connectivity index (χ4v) is 2.81. The van der Waals surface area contributed by atoms with Gasteiger partial charge in [-0.3, -0.25) is 4.79 Å². The third-order valence-corrected chi connectivity index (χ3v) is 3.99.